The molecule has 114 valence electrons. The SMILES string of the molecule is CCc1c(-c2ccccc2)[nH+]c(N)c(C#N)c1-c1ccc(C)o1. The second-order valence-corrected chi connectivity index (χ2v) is 5.38. The largest absolute Gasteiger partial charge is 0.461 e. The number of nitrogens with two attached hydrogens (primary N) is 1. The molecule has 0 bridgehead atoms. The van der Waals surface area contributed by atoms with Crippen molar-refractivity contribution in [2.75, 3.05) is 5.73 Å². The molecule has 1 aromatic carbocycles. The normalized spacial score (nSPS) is 10.5. The van der Waals surface area contributed by atoms with Crippen LogP contribution >= 0.6 is 0 Å². The van der Waals surface area contributed by atoms with Gasteiger partial charge in [-0.25, -0.2) is 4.98 Å². The molecular weight excluding hydrogens is 286 g/mol. The van der Waals surface area contributed by atoms with Crippen LogP contribution in [-0.4, -0.2) is 0 Å². The monoisotopic (exact) mass is 304 g/mol. The molecule has 4 heteroatoms. The molecule has 0 aliphatic carbocycles. The summed E-state index contributed by atoms with van der Waals surface area (Å²) in [6.45, 7) is 3.95. The lowest BCUT2D eigenvalue weighted by atomic mass is 9.94. The molecule has 3 aromatic rings. The number of rotatable bonds is 3. The van der Waals surface area contributed by atoms with Crippen LogP contribution < -0.4 is 10.7 Å². The zero-order valence-corrected chi connectivity index (χ0v) is 13.2. The Morgan fingerprint density at radius 1 is 1.17 bits per heavy atom. The van der Waals surface area contributed by atoms with E-state index in [0.717, 1.165) is 34.6 Å². The van der Waals surface area contributed by atoms with Crippen molar-refractivity contribution in [3.05, 3.63) is 59.4 Å². The van der Waals surface area contributed by atoms with Crippen LogP contribution in [0.5, 0.6) is 0 Å². The minimum atomic E-state index is 0.354. The van der Waals surface area contributed by atoms with Gasteiger partial charge < -0.3 is 4.42 Å². The highest BCUT2D eigenvalue weighted by molar-refractivity contribution is 5.79. The fourth-order valence-electron chi connectivity index (χ4n) is 2.84. The van der Waals surface area contributed by atoms with Crippen molar-refractivity contribution >= 4 is 5.82 Å². The third kappa shape index (κ3) is 2.58. The molecule has 4 nitrogen and oxygen atoms in total. The van der Waals surface area contributed by atoms with Crippen LogP contribution in [-0.2, 0) is 6.42 Å². The molecular formula is C19H18N3O+. The summed E-state index contributed by atoms with van der Waals surface area (Å²) >= 11 is 0. The Labute approximate surface area is 135 Å². The summed E-state index contributed by atoms with van der Waals surface area (Å²) in [5, 5.41) is 9.56. The molecule has 2 aromatic heterocycles. The van der Waals surface area contributed by atoms with Gasteiger partial charge in [-0.1, -0.05) is 37.3 Å². The zero-order chi connectivity index (χ0) is 16.4. The number of H-pyrrole nitrogens is 1. The highest BCUT2D eigenvalue weighted by atomic mass is 16.3. The van der Waals surface area contributed by atoms with Gasteiger partial charge in [0, 0.05) is 11.1 Å². The van der Waals surface area contributed by atoms with Crippen LogP contribution in [0.1, 0.15) is 23.8 Å². The van der Waals surface area contributed by atoms with E-state index in [4.69, 9.17) is 10.2 Å². The Balaban J connectivity index is 2.37. The fraction of sp³-hybridized carbons (Fsp3) is 0.158. The molecule has 0 saturated carbocycles. The van der Waals surface area contributed by atoms with Crippen molar-refractivity contribution in [1.82, 2.24) is 0 Å². The van der Waals surface area contributed by atoms with E-state index in [1.807, 2.05) is 49.4 Å². The second-order valence-electron chi connectivity index (χ2n) is 5.38. The van der Waals surface area contributed by atoms with Crippen molar-refractivity contribution < 1.29 is 9.40 Å². The van der Waals surface area contributed by atoms with E-state index in [0.29, 0.717) is 17.1 Å². The first-order valence-corrected chi connectivity index (χ1v) is 7.55. The number of hydrogen-bond acceptors (Lipinski definition) is 3. The van der Waals surface area contributed by atoms with E-state index in [1.165, 1.54) is 0 Å². The number of hydrogen-bond donors (Lipinski definition) is 1. The van der Waals surface area contributed by atoms with Gasteiger partial charge >= 0.3 is 0 Å². The fourth-order valence-corrected chi connectivity index (χ4v) is 2.84. The van der Waals surface area contributed by atoms with E-state index < -0.39 is 0 Å². The Bertz CT molecular complexity index is 889. The molecule has 2 heterocycles. The first-order chi connectivity index (χ1) is 11.2. The smallest absolute Gasteiger partial charge is 0.289 e. The first kappa shape index (κ1) is 14.9. The van der Waals surface area contributed by atoms with Crippen LogP contribution in [0.3, 0.4) is 0 Å². The van der Waals surface area contributed by atoms with Crippen molar-refractivity contribution in [3.63, 3.8) is 0 Å². The number of pyridine rings is 1. The van der Waals surface area contributed by atoms with Crippen LogP contribution in [0, 0.1) is 18.3 Å². The third-order valence-electron chi connectivity index (χ3n) is 3.90. The molecule has 0 aliphatic heterocycles. The van der Waals surface area contributed by atoms with E-state index in [2.05, 4.69) is 18.0 Å². The molecule has 0 atom stereocenters. The topological polar surface area (TPSA) is 77.1 Å². The number of nitrogens with zero attached hydrogens (tertiary/aromatic N) is 1. The maximum absolute atomic E-state index is 9.56. The Morgan fingerprint density at radius 3 is 2.48 bits per heavy atom. The number of furan rings is 1. The predicted octanol–water partition coefficient (Wildman–Crippen LogP) is 3.75. The maximum Gasteiger partial charge on any atom is 0.289 e. The van der Waals surface area contributed by atoms with Gasteiger partial charge in [-0.3, -0.25) is 5.73 Å². The minimum absolute atomic E-state index is 0.354. The van der Waals surface area contributed by atoms with Gasteiger partial charge in [-0.2, -0.15) is 5.26 Å². The number of nitriles is 1. The first-order valence-electron chi connectivity index (χ1n) is 7.55. The van der Waals surface area contributed by atoms with Crippen LogP contribution in [0.2, 0.25) is 0 Å². The van der Waals surface area contributed by atoms with E-state index >= 15 is 0 Å². The quantitative estimate of drug-likeness (QED) is 0.800. The van der Waals surface area contributed by atoms with Crippen LogP contribution in [0.4, 0.5) is 5.82 Å². The molecule has 0 radical (unpaired) electrons. The molecule has 0 amide bonds. The van der Waals surface area contributed by atoms with Gasteiger partial charge in [0.1, 0.15) is 23.3 Å². The summed E-state index contributed by atoms with van der Waals surface area (Å²) in [5.41, 5.74) is 10.3. The van der Waals surface area contributed by atoms with E-state index in [9.17, 15) is 5.26 Å². The number of nitrogen functional groups attached to an aromatic ring is 1. The molecule has 0 unspecified atom stereocenters. The lowest BCUT2D eigenvalue weighted by Gasteiger charge is -2.12. The van der Waals surface area contributed by atoms with Crippen LogP contribution in [0.15, 0.2) is 46.9 Å². The summed E-state index contributed by atoms with van der Waals surface area (Å²) in [5.74, 6) is 1.83. The Kier molecular flexibility index (Phi) is 3.86. The summed E-state index contributed by atoms with van der Waals surface area (Å²) < 4.78 is 5.78. The second kappa shape index (κ2) is 5.98. The average Bonchev–Trinajstić information content (AvgIpc) is 3.00. The van der Waals surface area contributed by atoms with Crippen molar-refractivity contribution in [1.29, 1.82) is 5.26 Å². The van der Waals surface area contributed by atoms with Crippen LogP contribution in [0.25, 0.3) is 22.6 Å². The summed E-state index contributed by atoms with van der Waals surface area (Å²) in [7, 11) is 0. The molecule has 0 aliphatic rings. The average molecular weight is 304 g/mol. The molecule has 23 heavy (non-hydrogen) atoms. The zero-order valence-electron chi connectivity index (χ0n) is 13.2. The lowest BCUT2D eigenvalue weighted by molar-refractivity contribution is -0.347. The van der Waals surface area contributed by atoms with Gasteiger partial charge in [-0.05, 0) is 25.5 Å². The summed E-state index contributed by atoms with van der Waals surface area (Å²) in [6, 6.07) is 16.0. The molecule has 3 N–H and O–H groups in total. The number of aryl methyl sites for hydroxylation is 1. The van der Waals surface area contributed by atoms with Gasteiger partial charge in [0.15, 0.2) is 5.56 Å². The molecule has 0 saturated heterocycles. The minimum Gasteiger partial charge on any atom is -0.461 e. The maximum atomic E-state index is 9.56. The standard InChI is InChI=1S/C19H17N3O/c1-3-14-17(16-10-9-12(2)23-16)15(11-20)19(21)22-18(14)13-7-5-4-6-8-13/h4-10H,3H2,1-2H3,(H2,21,22)/p+1. The Hall–Kier alpha value is -3.06. The van der Waals surface area contributed by atoms with Gasteiger partial charge in [0.2, 0.25) is 0 Å². The molecule has 0 spiro atoms. The van der Waals surface area contributed by atoms with Crippen molar-refractivity contribution in [3.8, 4) is 28.7 Å². The summed E-state index contributed by atoms with van der Waals surface area (Å²) in [4.78, 5) is 3.19. The molecule has 0 fully saturated rings. The summed E-state index contributed by atoms with van der Waals surface area (Å²) in [6.07, 6.45) is 0.755. The van der Waals surface area contributed by atoms with Crippen molar-refractivity contribution in [2.45, 2.75) is 20.3 Å². The van der Waals surface area contributed by atoms with E-state index in [1.54, 1.807) is 0 Å². The number of aromatic nitrogens is 1. The van der Waals surface area contributed by atoms with Gasteiger partial charge in [-0.15, -0.1) is 0 Å². The predicted molar refractivity (Wildman–Crippen MR) is 89.4 cm³/mol. The number of anilines is 1. The highest BCUT2D eigenvalue weighted by Gasteiger charge is 2.24. The van der Waals surface area contributed by atoms with E-state index in [-0.39, 0.29) is 0 Å². The van der Waals surface area contributed by atoms with Crippen molar-refractivity contribution in [2.24, 2.45) is 0 Å². The lowest BCUT2D eigenvalue weighted by Crippen LogP contribution is -2.19. The Morgan fingerprint density at radius 2 is 1.91 bits per heavy atom. The number of aromatic amines is 1. The number of benzene rings is 1. The van der Waals surface area contributed by atoms with Gasteiger partial charge in [0.25, 0.3) is 5.82 Å². The highest BCUT2D eigenvalue weighted by Crippen LogP contribution is 2.35. The van der Waals surface area contributed by atoms with Gasteiger partial charge in [0.05, 0.1) is 5.56 Å². The number of nitrogens with one attached hydrogen (secondary N) is 1. The third-order valence-corrected chi connectivity index (χ3v) is 3.90. The molecule has 3 rings (SSSR count).